The van der Waals surface area contributed by atoms with Crippen LogP contribution in [0.15, 0.2) is 18.5 Å². The number of nitrogens with zero attached hydrogens (tertiary/aromatic N) is 5. The van der Waals surface area contributed by atoms with E-state index >= 15 is 0 Å². The quantitative estimate of drug-likeness (QED) is 0.755. The molecule has 0 aliphatic carbocycles. The average Bonchev–Trinajstić information content (AvgIpc) is 2.76. The van der Waals surface area contributed by atoms with Crippen molar-refractivity contribution in [1.82, 2.24) is 30.1 Å². The van der Waals surface area contributed by atoms with Gasteiger partial charge in [-0.05, 0) is 6.07 Å². The molecule has 0 fully saturated rings. The summed E-state index contributed by atoms with van der Waals surface area (Å²) in [6.45, 7) is 1.46. The highest BCUT2D eigenvalue weighted by molar-refractivity contribution is 4.99. The Morgan fingerprint density at radius 2 is 2.00 bits per heavy atom. The standard InChI is InChI=1S/C9H14N6/c1-14-4-3-8(12-14)5-10-6-9-7-15(2)13-11-9/h3-4,7,10H,5-6H2,1-2H3. The molecule has 0 amide bonds. The summed E-state index contributed by atoms with van der Waals surface area (Å²) in [5, 5.41) is 15.3. The van der Waals surface area contributed by atoms with E-state index in [-0.39, 0.29) is 0 Å². The van der Waals surface area contributed by atoms with Crippen molar-refractivity contribution in [1.29, 1.82) is 0 Å². The van der Waals surface area contributed by atoms with Gasteiger partial charge < -0.3 is 5.32 Å². The Bertz CT molecular complexity index is 389. The average molecular weight is 206 g/mol. The number of hydrogen-bond donors (Lipinski definition) is 1. The maximum absolute atomic E-state index is 4.26. The molecule has 2 heterocycles. The maximum Gasteiger partial charge on any atom is 0.0964 e. The van der Waals surface area contributed by atoms with Crippen LogP contribution in [-0.2, 0) is 27.2 Å². The second-order valence-corrected chi connectivity index (χ2v) is 3.47. The smallest absolute Gasteiger partial charge is 0.0964 e. The van der Waals surface area contributed by atoms with E-state index in [1.54, 1.807) is 9.36 Å². The molecular weight excluding hydrogens is 192 g/mol. The second-order valence-electron chi connectivity index (χ2n) is 3.47. The zero-order chi connectivity index (χ0) is 10.7. The lowest BCUT2D eigenvalue weighted by Crippen LogP contribution is -2.13. The predicted molar refractivity (Wildman–Crippen MR) is 54.8 cm³/mol. The first kappa shape index (κ1) is 9.85. The third-order valence-corrected chi connectivity index (χ3v) is 2.03. The molecule has 0 spiro atoms. The molecule has 0 radical (unpaired) electrons. The molecule has 2 aromatic rings. The topological polar surface area (TPSA) is 60.6 Å². The Morgan fingerprint density at radius 1 is 1.20 bits per heavy atom. The first-order valence-corrected chi connectivity index (χ1v) is 4.78. The molecule has 1 N–H and O–H groups in total. The number of rotatable bonds is 4. The molecule has 6 heteroatoms. The van der Waals surface area contributed by atoms with Crippen LogP contribution in [0.25, 0.3) is 0 Å². The van der Waals surface area contributed by atoms with Crippen molar-refractivity contribution in [2.45, 2.75) is 13.1 Å². The van der Waals surface area contributed by atoms with Gasteiger partial charge in [0.2, 0.25) is 0 Å². The molecule has 0 aliphatic rings. The van der Waals surface area contributed by atoms with E-state index in [1.807, 2.05) is 32.6 Å². The van der Waals surface area contributed by atoms with Gasteiger partial charge in [0.25, 0.3) is 0 Å². The minimum absolute atomic E-state index is 0.713. The Morgan fingerprint density at radius 3 is 2.60 bits per heavy atom. The van der Waals surface area contributed by atoms with Gasteiger partial charge in [0.1, 0.15) is 0 Å². The highest BCUT2D eigenvalue weighted by atomic mass is 15.4. The monoisotopic (exact) mass is 206 g/mol. The lowest BCUT2D eigenvalue weighted by atomic mass is 10.4. The van der Waals surface area contributed by atoms with Crippen LogP contribution < -0.4 is 5.32 Å². The number of hydrogen-bond acceptors (Lipinski definition) is 4. The molecule has 0 aromatic carbocycles. The zero-order valence-corrected chi connectivity index (χ0v) is 8.88. The molecule has 0 aliphatic heterocycles. The first-order valence-electron chi connectivity index (χ1n) is 4.78. The van der Waals surface area contributed by atoms with Gasteiger partial charge in [0.05, 0.1) is 11.4 Å². The molecule has 6 nitrogen and oxygen atoms in total. The second kappa shape index (κ2) is 4.22. The fourth-order valence-electron chi connectivity index (χ4n) is 1.35. The van der Waals surface area contributed by atoms with Crippen LogP contribution in [0.3, 0.4) is 0 Å². The van der Waals surface area contributed by atoms with Crippen molar-refractivity contribution in [2.24, 2.45) is 14.1 Å². The van der Waals surface area contributed by atoms with E-state index in [0.717, 1.165) is 17.9 Å². The first-order chi connectivity index (χ1) is 7.24. The Labute approximate surface area is 87.9 Å². The van der Waals surface area contributed by atoms with Crippen LogP contribution in [0.5, 0.6) is 0 Å². The summed E-state index contributed by atoms with van der Waals surface area (Å²) in [6.07, 6.45) is 3.82. The molecule has 0 saturated carbocycles. The van der Waals surface area contributed by atoms with Crippen LogP contribution in [0.1, 0.15) is 11.4 Å². The van der Waals surface area contributed by atoms with E-state index in [0.29, 0.717) is 6.54 Å². The highest BCUT2D eigenvalue weighted by Gasteiger charge is 1.99. The van der Waals surface area contributed by atoms with Gasteiger partial charge in [0.15, 0.2) is 0 Å². The van der Waals surface area contributed by atoms with Crippen LogP contribution in [0.4, 0.5) is 0 Å². The number of aromatic nitrogens is 5. The van der Waals surface area contributed by atoms with Crippen molar-refractivity contribution >= 4 is 0 Å². The molecule has 2 aromatic heterocycles. The Hall–Kier alpha value is -1.69. The van der Waals surface area contributed by atoms with E-state index in [2.05, 4.69) is 20.7 Å². The summed E-state index contributed by atoms with van der Waals surface area (Å²) in [5.41, 5.74) is 1.97. The fraction of sp³-hybridized carbons (Fsp3) is 0.444. The summed E-state index contributed by atoms with van der Waals surface area (Å²) < 4.78 is 3.48. The Balaban J connectivity index is 1.80. The molecule has 0 unspecified atom stereocenters. The molecule has 0 bridgehead atoms. The van der Waals surface area contributed by atoms with Crippen molar-refractivity contribution in [3.63, 3.8) is 0 Å². The minimum Gasteiger partial charge on any atom is -0.305 e. The van der Waals surface area contributed by atoms with E-state index in [1.165, 1.54) is 0 Å². The number of nitrogens with one attached hydrogen (secondary N) is 1. The van der Waals surface area contributed by atoms with Gasteiger partial charge in [-0.3, -0.25) is 9.36 Å². The molecule has 80 valence electrons. The number of aryl methyl sites for hydroxylation is 2. The minimum atomic E-state index is 0.713. The van der Waals surface area contributed by atoms with Crippen molar-refractivity contribution in [2.75, 3.05) is 0 Å². The summed E-state index contributed by atoms with van der Waals surface area (Å²) >= 11 is 0. The van der Waals surface area contributed by atoms with Crippen molar-refractivity contribution in [3.8, 4) is 0 Å². The third-order valence-electron chi connectivity index (χ3n) is 2.03. The van der Waals surface area contributed by atoms with Crippen molar-refractivity contribution in [3.05, 3.63) is 29.8 Å². The third kappa shape index (κ3) is 2.63. The van der Waals surface area contributed by atoms with Gasteiger partial charge in [-0.1, -0.05) is 5.21 Å². The van der Waals surface area contributed by atoms with Crippen molar-refractivity contribution < 1.29 is 0 Å². The van der Waals surface area contributed by atoms with Gasteiger partial charge in [-0.15, -0.1) is 5.10 Å². The zero-order valence-electron chi connectivity index (χ0n) is 8.88. The summed E-state index contributed by atoms with van der Waals surface area (Å²) in [7, 11) is 3.77. The summed E-state index contributed by atoms with van der Waals surface area (Å²) in [5.74, 6) is 0. The molecule has 15 heavy (non-hydrogen) atoms. The predicted octanol–water partition coefficient (Wildman–Crippen LogP) is -0.162. The summed E-state index contributed by atoms with van der Waals surface area (Å²) in [6, 6.07) is 1.99. The molecule has 0 atom stereocenters. The molecule has 2 rings (SSSR count). The molecule has 0 saturated heterocycles. The van der Waals surface area contributed by atoms with Gasteiger partial charge in [-0.25, -0.2) is 0 Å². The van der Waals surface area contributed by atoms with Gasteiger partial charge >= 0.3 is 0 Å². The van der Waals surface area contributed by atoms with Crippen LogP contribution in [0.2, 0.25) is 0 Å². The van der Waals surface area contributed by atoms with Crippen LogP contribution in [0, 0.1) is 0 Å². The maximum atomic E-state index is 4.26. The Kier molecular flexibility index (Phi) is 2.77. The van der Waals surface area contributed by atoms with Crippen LogP contribution in [-0.4, -0.2) is 24.8 Å². The normalized spacial score (nSPS) is 10.8. The lowest BCUT2D eigenvalue weighted by molar-refractivity contribution is 0.645. The lowest BCUT2D eigenvalue weighted by Gasteiger charge is -1.98. The van der Waals surface area contributed by atoms with E-state index < -0.39 is 0 Å². The largest absolute Gasteiger partial charge is 0.305 e. The van der Waals surface area contributed by atoms with Gasteiger partial charge in [-0.2, -0.15) is 5.10 Å². The summed E-state index contributed by atoms with van der Waals surface area (Å²) in [4.78, 5) is 0. The van der Waals surface area contributed by atoms with E-state index in [9.17, 15) is 0 Å². The van der Waals surface area contributed by atoms with E-state index in [4.69, 9.17) is 0 Å². The van der Waals surface area contributed by atoms with Gasteiger partial charge in [0, 0.05) is 39.6 Å². The molecular formula is C9H14N6. The fourth-order valence-corrected chi connectivity index (χ4v) is 1.35. The van der Waals surface area contributed by atoms with Crippen LogP contribution >= 0.6 is 0 Å². The highest BCUT2D eigenvalue weighted by Crippen LogP contribution is 1.95. The SMILES string of the molecule is Cn1cc(CNCc2ccn(C)n2)nn1.